The van der Waals surface area contributed by atoms with E-state index in [1.807, 2.05) is 0 Å². The van der Waals surface area contributed by atoms with E-state index < -0.39 is 0 Å². The van der Waals surface area contributed by atoms with Gasteiger partial charge in [-0.15, -0.1) is 0 Å². The van der Waals surface area contributed by atoms with E-state index in [-0.39, 0.29) is 0 Å². The molecule has 0 amide bonds. The highest BCUT2D eigenvalue weighted by Crippen LogP contribution is 2.39. The molecule has 116 valence electrons. The number of hydrogen-bond donors (Lipinski definition) is 0. The average Bonchev–Trinajstić information content (AvgIpc) is 2.97. The fourth-order valence-electron chi connectivity index (χ4n) is 4.14. The lowest BCUT2D eigenvalue weighted by Gasteiger charge is -2.19. The highest BCUT2D eigenvalue weighted by molar-refractivity contribution is 6.18. The number of rotatable bonds is 1. The number of fused-ring (bicyclic) bond motifs is 5. The van der Waals surface area contributed by atoms with Crippen LogP contribution in [0.4, 0.5) is 0 Å². The Kier molecular flexibility index (Phi) is 2.90. The summed E-state index contributed by atoms with van der Waals surface area (Å²) >= 11 is 0. The zero-order chi connectivity index (χ0) is 16.1. The van der Waals surface area contributed by atoms with Crippen LogP contribution in [0.25, 0.3) is 32.6 Å². The van der Waals surface area contributed by atoms with Crippen molar-refractivity contribution in [2.24, 2.45) is 0 Å². The fraction of sp³-hybridized carbons (Fsp3) is 0.130. The van der Waals surface area contributed by atoms with E-state index in [0.717, 1.165) is 6.42 Å². The van der Waals surface area contributed by atoms with E-state index in [2.05, 4.69) is 90.4 Å². The van der Waals surface area contributed by atoms with E-state index in [9.17, 15) is 0 Å². The molecule has 24 heavy (non-hydrogen) atoms. The topological polar surface area (TPSA) is 4.93 Å². The van der Waals surface area contributed by atoms with Gasteiger partial charge in [0.1, 0.15) is 0 Å². The first-order chi connectivity index (χ1) is 11.8. The molecular formula is C23H19N. The minimum absolute atomic E-state index is 0.378. The van der Waals surface area contributed by atoms with E-state index in [1.54, 1.807) is 0 Å². The number of aromatic nitrogens is 1. The van der Waals surface area contributed by atoms with Gasteiger partial charge in [0, 0.05) is 21.7 Å². The van der Waals surface area contributed by atoms with Crippen LogP contribution in [-0.4, -0.2) is 4.57 Å². The maximum Gasteiger partial charge on any atom is 0.0576 e. The Labute approximate surface area is 141 Å². The van der Waals surface area contributed by atoms with Crippen molar-refractivity contribution in [1.29, 1.82) is 0 Å². The summed E-state index contributed by atoms with van der Waals surface area (Å²) in [4.78, 5) is 0. The highest BCUT2D eigenvalue weighted by Gasteiger charge is 2.19. The summed E-state index contributed by atoms with van der Waals surface area (Å²) in [5.74, 6) is 0. The van der Waals surface area contributed by atoms with E-state index in [0.29, 0.717) is 6.04 Å². The molecule has 0 bridgehead atoms. The molecule has 1 nitrogen and oxygen atoms in total. The maximum absolute atomic E-state index is 2.53. The third-order valence-corrected chi connectivity index (χ3v) is 5.21. The van der Waals surface area contributed by atoms with Crippen molar-refractivity contribution in [3.05, 3.63) is 84.5 Å². The van der Waals surface area contributed by atoms with Crippen LogP contribution in [-0.2, 0) is 0 Å². The minimum atomic E-state index is 0.378. The number of aryl methyl sites for hydroxylation is 1. The lowest BCUT2D eigenvalue weighted by atomic mass is 10.0. The van der Waals surface area contributed by atoms with Gasteiger partial charge in [0.15, 0.2) is 0 Å². The van der Waals surface area contributed by atoms with Crippen LogP contribution in [0, 0.1) is 6.92 Å². The third kappa shape index (κ3) is 1.81. The van der Waals surface area contributed by atoms with Crippen molar-refractivity contribution in [3.8, 4) is 0 Å². The molecule has 0 fully saturated rings. The fourth-order valence-corrected chi connectivity index (χ4v) is 4.14. The van der Waals surface area contributed by atoms with E-state index in [4.69, 9.17) is 0 Å². The van der Waals surface area contributed by atoms with Crippen molar-refractivity contribution >= 4 is 32.6 Å². The number of para-hydroxylation sites is 1. The second-order valence-electron chi connectivity index (χ2n) is 6.64. The van der Waals surface area contributed by atoms with Gasteiger partial charge in [-0.1, -0.05) is 66.8 Å². The summed E-state index contributed by atoms with van der Waals surface area (Å²) < 4.78 is 2.53. The lowest BCUT2D eigenvalue weighted by Crippen LogP contribution is -2.07. The van der Waals surface area contributed by atoms with Gasteiger partial charge in [-0.2, -0.15) is 0 Å². The zero-order valence-electron chi connectivity index (χ0n) is 13.7. The first-order valence-electron chi connectivity index (χ1n) is 8.59. The summed E-state index contributed by atoms with van der Waals surface area (Å²) in [6.45, 7) is 2.22. The minimum Gasteiger partial charge on any atom is -0.333 e. The zero-order valence-corrected chi connectivity index (χ0v) is 13.7. The first-order valence-corrected chi connectivity index (χ1v) is 8.59. The Morgan fingerprint density at radius 1 is 0.833 bits per heavy atom. The largest absolute Gasteiger partial charge is 0.333 e. The maximum atomic E-state index is 2.53. The summed E-state index contributed by atoms with van der Waals surface area (Å²) in [5, 5.41) is 5.42. The molecule has 5 rings (SSSR count). The van der Waals surface area contributed by atoms with Crippen molar-refractivity contribution in [2.45, 2.75) is 19.4 Å². The molecule has 1 aliphatic rings. The monoisotopic (exact) mass is 309 g/mol. The second-order valence-corrected chi connectivity index (χ2v) is 6.64. The summed E-state index contributed by atoms with van der Waals surface area (Å²) in [6.07, 6.45) is 9.95. The smallest absolute Gasteiger partial charge is 0.0576 e. The van der Waals surface area contributed by atoms with Gasteiger partial charge in [0.25, 0.3) is 0 Å². The molecule has 0 radical (unpaired) electrons. The molecule has 1 unspecified atom stereocenters. The molecule has 0 saturated carbocycles. The molecule has 1 heteroatoms. The molecule has 0 spiro atoms. The molecule has 1 aromatic heterocycles. The summed E-state index contributed by atoms with van der Waals surface area (Å²) in [7, 11) is 0. The number of hydrogen-bond acceptors (Lipinski definition) is 0. The molecule has 1 heterocycles. The van der Waals surface area contributed by atoms with Crippen molar-refractivity contribution in [1.82, 2.24) is 4.57 Å². The molecule has 0 N–H and O–H groups in total. The van der Waals surface area contributed by atoms with Gasteiger partial charge in [0.2, 0.25) is 0 Å². The highest BCUT2D eigenvalue weighted by atomic mass is 15.0. The second kappa shape index (κ2) is 5.10. The predicted octanol–water partition coefficient (Wildman–Crippen LogP) is 6.31. The van der Waals surface area contributed by atoms with E-state index >= 15 is 0 Å². The standard InChI is InChI=1S/C23H19N/c1-16-15-21-19-12-7-8-14-22(19)24(17-9-3-2-4-10-17)23(21)20-13-6-5-11-18(16)20/h2-9,11-15,17H,10H2,1H3. The molecule has 1 aliphatic carbocycles. The molecule has 0 saturated heterocycles. The Hall–Kier alpha value is -2.80. The van der Waals surface area contributed by atoms with Gasteiger partial charge in [-0.3, -0.25) is 0 Å². The van der Waals surface area contributed by atoms with Gasteiger partial charge in [-0.05, 0) is 36.4 Å². The van der Waals surface area contributed by atoms with Gasteiger partial charge in [-0.25, -0.2) is 0 Å². The Morgan fingerprint density at radius 3 is 2.38 bits per heavy atom. The normalized spacial score (nSPS) is 17.3. The van der Waals surface area contributed by atoms with E-state index in [1.165, 1.54) is 38.1 Å². The van der Waals surface area contributed by atoms with Crippen LogP contribution < -0.4 is 0 Å². The number of benzene rings is 3. The molecule has 1 atom stereocenters. The SMILES string of the molecule is Cc1cc2c3ccccc3n(C3C=CC=CC3)c2c2ccccc12. The summed E-state index contributed by atoms with van der Waals surface area (Å²) in [5.41, 5.74) is 4.04. The van der Waals surface area contributed by atoms with Gasteiger partial charge in [0.05, 0.1) is 11.6 Å². The molecule has 3 aromatic carbocycles. The third-order valence-electron chi connectivity index (χ3n) is 5.21. The molecular weight excluding hydrogens is 290 g/mol. The predicted molar refractivity (Wildman–Crippen MR) is 104 cm³/mol. The summed E-state index contributed by atoms with van der Waals surface area (Å²) in [6, 6.07) is 20.3. The molecule has 4 aromatic rings. The van der Waals surface area contributed by atoms with Crippen LogP contribution in [0.3, 0.4) is 0 Å². The van der Waals surface area contributed by atoms with Gasteiger partial charge >= 0.3 is 0 Å². The Morgan fingerprint density at radius 2 is 1.58 bits per heavy atom. The lowest BCUT2D eigenvalue weighted by molar-refractivity contribution is 0.649. The van der Waals surface area contributed by atoms with Crippen molar-refractivity contribution < 1.29 is 0 Å². The van der Waals surface area contributed by atoms with Crippen LogP contribution >= 0.6 is 0 Å². The number of allylic oxidation sites excluding steroid dienone is 4. The van der Waals surface area contributed by atoms with Crippen LogP contribution in [0.2, 0.25) is 0 Å². The van der Waals surface area contributed by atoms with Crippen LogP contribution in [0.15, 0.2) is 78.9 Å². The van der Waals surface area contributed by atoms with Crippen LogP contribution in [0.5, 0.6) is 0 Å². The quantitative estimate of drug-likeness (QED) is 0.388. The Bertz CT molecular complexity index is 1140. The number of nitrogens with zero attached hydrogens (tertiary/aromatic N) is 1. The van der Waals surface area contributed by atoms with Crippen molar-refractivity contribution in [2.75, 3.05) is 0 Å². The average molecular weight is 309 g/mol. The molecule has 0 aliphatic heterocycles. The van der Waals surface area contributed by atoms with Crippen molar-refractivity contribution in [3.63, 3.8) is 0 Å². The Balaban J connectivity index is 2.03. The van der Waals surface area contributed by atoms with Crippen LogP contribution in [0.1, 0.15) is 18.0 Å². The first kappa shape index (κ1) is 13.6. The van der Waals surface area contributed by atoms with Gasteiger partial charge < -0.3 is 4.57 Å².